The number of benzene rings is 2. The monoisotopic (exact) mass is 583 g/mol. The average Bonchev–Trinajstić information content (AvgIpc) is 2.93. The average molecular weight is 585 g/mol. The van der Waals surface area contributed by atoms with E-state index < -0.39 is 0 Å². The molecule has 3 aromatic rings. The van der Waals surface area contributed by atoms with Crippen LogP contribution in [-0.2, 0) is 0 Å². The molecular weight excluding hydrogens is 550 g/mol. The van der Waals surface area contributed by atoms with Gasteiger partial charge in [-0.15, -0.1) is 0 Å². The molecule has 1 N–H and O–H groups in total. The topological polar surface area (TPSA) is 91.3 Å². The van der Waals surface area contributed by atoms with Crippen molar-refractivity contribution in [3.8, 4) is 23.0 Å². The van der Waals surface area contributed by atoms with Crippen molar-refractivity contribution < 1.29 is 23.7 Å². The largest absolute Gasteiger partial charge is 0.494 e. The summed E-state index contributed by atoms with van der Waals surface area (Å²) in [4.78, 5) is 16.0. The Kier molecular flexibility index (Phi) is 12.4. The highest BCUT2D eigenvalue weighted by Gasteiger charge is 2.12. The van der Waals surface area contributed by atoms with Crippen molar-refractivity contribution in [1.29, 1.82) is 0 Å². The van der Waals surface area contributed by atoms with E-state index >= 15 is 0 Å². The molecule has 0 bridgehead atoms. The van der Waals surface area contributed by atoms with Gasteiger partial charge in [0.1, 0.15) is 24.7 Å². The number of aromatic nitrogens is 1. The van der Waals surface area contributed by atoms with E-state index in [1.165, 1.54) is 25.5 Å². The number of carbonyl (C=O) groups is 1. The van der Waals surface area contributed by atoms with Crippen LogP contribution < -0.4 is 24.4 Å². The summed E-state index contributed by atoms with van der Waals surface area (Å²) in [5, 5.41) is 4.04. The van der Waals surface area contributed by atoms with Crippen LogP contribution in [0.2, 0.25) is 0 Å². The minimum atomic E-state index is -0.322. The molecule has 0 unspecified atom stereocenters. The molecule has 8 nitrogen and oxygen atoms in total. The maximum Gasteiger partial charge on any atom is 0.271 e. The lowest BCUT2D eigenvalue weighted by atomic mass is 10.2. The van der Waals surface area contributed by atoms with E-state index in [1.54, 1.807) is 30.6 Å². The van der Waals surface area contributed by atoms with Crippen molar-refractivity contribution in [2.75, 3.05) is 26.4 Å². The SMILES string of the molecule is CCCCCCOc1ccc(OCCOc2c(Br)cc(/C=N/NC(=O)c3ccncc3)cc2OCC)cc1. The molecule has 0 spiro atoms. The number of ether oxygens (including phenoxy) is 4. The van der Waals surface area contributed by atoms with Gasteiger partial charge >= 0.3 is 0 Å². The van der Waals surface area contributed by atoms with E-state index in [1.807, 2.05) is 37.3 Å². The molecule has 0 aliphatic carbocycles. The summed E-state index contributed by atoms with van der Waals surface area (Å²) in [6, 6.07) is 14.5. The fraction of sp³-hybridized carbons (Fsp3) is 0.345. The molecule has 202 valence electrons. The first kappa shape index (κ1) is 29.0. The third kappa shape index (κ3) is 9.70. The molecule has 2 aromatic carbocycles. The lowest BCUT2D eigenvalue weighted by molar-refractivity contribution is 0.0955. The van der Waals surface area contributed by atoms with Gasteiger partial charge in [-0.2, -0.15) is 5.10 Å². The summed E-state index contributed by atoms with van der Waals surface area (Å²) in [6.45, 7) is 5.98. The van der Waals surface area contributed by atoms with E-state index in [2.05, 4.69) is 38.4 Å². The molecule has 3 rings (SSSR count). The maximum atomic E-state index is 12.1. The molecule has 1 heterocycles. The summed E-state index contributed by atoms with van der Waals surface area (Å²) in [5.41, 5.74) is 3.70. The van der Waals surface area contributed by atoms with Gasteiger partial charge in [-0.05, 0) is 83.4 Å². The zero-order valence-corrected chi connectivity index (χ0v) is 23.4. The van der Waals surface area contributed by atoms with Gasteiger partial charge in [0.15, 0.2) is 11.5 Å². The van der Waals surface area contributed by atoms with Crippen molar-refractivity contribution in [2.45, 2.75) is 39.5 Å². The van der Waals surface area contributed by atoms with E-state index in [0.29, 0.717) is 41.4 Å². The fourth-order valence-corrected chi connectivity index (χ4v) is 4.03. The Bertz CT molecular complexity index is 1160. The van der Waals surface area contributed by atoms with Crippen LogP contribution >= 0.6 is 15.9 Å². The molecule has 0 fully saturated rings. The molecule has 9 heteroatoms. The predicted molar refractivity (Wildman–Crippen MR) is 152 cm³/mol. The second-order valence-corrected chi connectivity index (χ2v) is 9.13. The Morgan fingerprint density at radius 1 is 0.895 bits per heavy atom. The highest BCUT2D eigenvalue weighted by atomic mass is 79.9. The first-order valence-corrected chi connectivity index (χ1v) is 13.6. The number of halogens is 1. The van der Waals surface area contributed by atoms with E-state index in [0.717, 1.165) is 30.1 Å². The Labute approximate surface area is 232 Å². The third-order valence-corrected chi connectivity index (χ3v) is 5.93. The number of nitrogens with zero attached hydrogens (tertiary/aromatic N) is 2. The lowest BCUT2D eigenvalue weighted by Crippen LogP contribution is -2.17. The number of amides is 1. The number of hydrogen-bond acceptors (Lipinski definition) is 7. The Morgan fingerprint density at radius 2 is 1.58 bits per heavy atom. The van der Waals surface area contributed by atoms with Crippen LogP contribution in [0, 0.1) is 0 Å². The Balaban J connectivity index is 1.49. The molecule has 0 aliphatic heterocycles. The van der Waals surface area contributed by atoms with Gasteiger partial charge in [0.2, 0.25) is 0 Å². The molecule has 0 aliphatic rings. The standard InChI is InChI=1S/C29H34BrN3O5/c1-3-5-6-7-16-36-24-8-10-25(11-9-24)37-17-18-38-28-26(30)19-22(20-27(28)35-4-2)21-32-33-29(34)23-12-14-31-15-13-23/h8-15,19-21H,3-7,16-18H2,1-2H3,(H,33,34)/b32-21+. The minimum absolute atomic E-state index is 0.322. The fourth-order valence-electron chi connectivity index (χ4n) is 3.45. The van der Waals surface area contributed by atoms with Crippen LogP contribution in [-0.4, -0.2) is 43.5 Å². The zero-order valence-electron chi connectivity index (χ0n) is 21.8. The Hall–Kier alpha value is -3.59. The number of rotatable bonds is 16. The van der Waals surface area contributed by atoms with Gasteiger partial charge in [-0.3, -0.25) is 9.78 Å². The highest BCUT2D eigenvalue weighted by Crippen LogP contribution is 2.36. The number of hydrogen-bond donors (Lipinski definition) is 1. The van der Waals surface area contributed by atoms with Crippen LogP contribution in [0.1, 0.15) is 55.5 Å². The second kappa shape index (κ2) is 16.3. The van der Waals surface area contributed by atoms with Gasteiger partial charge in [-0.1, -0.05) is 26.2 Å². The summed E-state index contributed by atoms with van der Waals surface area (Å²) in [5.74, 6) is 2.40. The highest BCUT2D eigenvalue weighted by molar-refractivity contribution is 9.10. The third-order valence-electron chi connectivity index (χ3n) is 5.34. The van der Waals surface area contributed by atoms with Gasteiger partial charge in [-0.25, -0.2) is 5.43 Å². The molecule has 1 aromatic heterocycles. The van der Waals surface area contributed by atoms with Gasteiger partial charge in [0, 0.05) is 18.0 Å². The number of pyridine rings is 1. The molecule has 0 saturated heterocycles. The van der Waals surface area contributed by atoms with Crippen molar-refractivity contribution in [2.24, 2.45) is 5.10 Å². The molecule has 38 heavy (non-hydrogen) atoms. The van der Waals surface area contributed by atoms with Crippen LogP contribution in [0.4, 0.5) is 0 Å². The van der Waals surface area contributed by atoms with Crippen molar-refractivity contribution in [3.05, 3.63) is 76.5 Å². The first-order valence-electron chi connectivity index (χ1n) is 12.8. The zero-order chi connectivity index (χ0) is 27.0. The van der Waals surface area contributed by atoms with E-state index in [9.17, 15) is 4.79 Å². The van der Waals surface area contributed by atoms with Crippen molar-refractivity contribution >= 4 is 28.1 Å². The number of unbranched alkanes of at least 4 members (excludes halogenated alkanes) is 3. The lowest BCUT2D eigenvalue weighted by Gasteiger charge is -2.15. The van der Waals surface area contributed by atoms with Crippen molar-refractivity contribution in [1.82, 2.24) is 10.4 Å². The van der Waals surface area contributed by atoms with Crippen LogP contribution in [0.25, 0.3) is 0 Å². The van der Waals surface area contributed by atoms with Gasteiger partial charge in [0.05, 0.1) is 23.9 Å². The van der Waals surface area contributed by atoms with Crippen molar-refractivity contribution in [3.63, 3.8) is 0 Å². The second-order valence-electron chi connectivity index (χ2n) is 8.28. The van der Waals surface area contributed by atoms with E-state index in [-0.39, 0.29) is 5.91 Å². The summed E-state index contributed by atoms with van der Waals surface area (Å²) >= 11 is 3.55. The summed E-state index contributed by atoms with van der Waals surface area (Å²) in [7, 11) is 0. The van der Waals surface area contributed by atoms with Crippen LogP contribution in [0.15, 0.2) is 70.5 Å². The number of nitrogens with one attached hydrogen (secondary N) is 1. The van der Waals surface area contributed by atoms with Gasteiger partial charge in [0.25, 0.3) is 5.91 Å². The molecule has 0 atom stereocenters. The normalized spacial score (nSPS) is 10.8. The predicted octanol–water partition coefficient (Wildman–Crippen LogP) is 6.42. The van der Waals surface area contributed by atoms with Crippen LogP contribution in [0.3, 0.4) is 0 Å². The smallest absolute Gasteiger partial charge is 0.271 e. The van der Waals surface area contributed by atoms with E-state index in [4.69, 9.17) is 18.9 Å². The van der Waals surface area contributed by atoms with Gasteiger partial charge < -0.3 is 18.9 Å². The molecular formula is C29H34BrN3O5. The molecule has 0 saturated carbocycles. The Morgan fingerprint density at radius 3 is 2.26 bits per heavy atom. The molecule has 0 radical (unpaired) electrons. The maximum absolute atomic E-state index is 12.1. The summed E-state index contributed by atoms with van der Waals surface area (Å²) < 4.78 is 24.0. The van der Waals surface area contributed by atoms with Crippen LogP contribution in [0.5, 0.6) is 23.0 Å². The number of hydrazone groups is 1. The number of carbonyl (C=O) groups excluding carboxylic acids is 1. The minimum Gasteiger partial charge on any atom is -0.494 e. The summed E-state index contributed by atoms with van der Waals surface area (Å²) in [6.07, 6.45) is 9.37. The quantitative estimate of drug-likeness (QED) is 0.119. The first-order chi connectivity index (χ1) is 18.6. The molecule has 1 amide bonds.